The standard InChI is InChI=1S/C14H19NO2/c15-8-7-13(14(16)17)12-6-5-10-3-1-2-4-11(10)9-12/h5-6,9,13H,1-4,7-8,15H2,(H,16,17). The van der Waals surface area contributed by atoms with E-state index in [0.717, 1.165) is 18.4 Å². The average Bonchev–Trinajstić information content (AvgIpc) is 2.35. The minimum atomic E-state index is -0.772. The van der Waals surface area contributed by atoms with Crippen LogP contribution in [0.4, 0.5) is 0 Å². The van der Waals surface area contributed by atoms with E-state index in [0.29, 0.717) is 13.0 Å². The molecule has 0 aromatic heterocycles. The summed E-state index contributed by atoms with van der Waals surface area (Å²) in [4.78, 5) is 11.2. The first-order chi connectivity index (χ1) is 8.22. The number of hydrogen-bond acceptors (Lipinski definition) is 2. The lowest BCUT2D eigenvalue weighted by Gasteiger charge is -2.19. The Morgan fingerprint density at radius 1 is 1.29 bits per heavy atom. The Labute approximate surface area is 102 Å². The molecule has 2 rings (SSSR count). The summed E-state index contributed by atoms with van der Waals surface area (Å²) < 4.78 is 0. The summed E-state index contributed by atoms with van der Waals surface area (Å²) in [6.07, 6.45) is 5.18. The van der Waals surface area contributed by atoms with Crippen molar-refractivity contribution >= 4 is 5.97 Å². The van der Waals surface area contributed by atoms with Gasteiger partial charge in [-0.1, -0.05) is 18.2 Å². The molecule has 0 aliphatic heterocycles. The number of hydrogen-bond donors (Lipinski definition) is 2. The van der Waals surface area contributed by atoms with Gasteiger partial charge in [-0.05, 0) is 55.3 Å². The molecule has 0 bridgehead atoms. The van der Waals surface area contributed by atoms with Crippen molar-refractivity contribution in [3.63, 3.8) is 0 Å². The fourth-order valence-electron chi connectivity index (χ4n) is 2.57. The summed E-state index contributed by atoms with van der Waals surface area (Å²) in [6.45, 7) is 0.411. The number of fused-ring (bicyclic) bond motifs is 1. The van der Waals surface area contributed by atoms with Crippen molar-refractivity contribution in [2.45, 2.75) is 38.0 Å². The zero-order chi connectivity index (χ0) is 12.3. The lowest BCUT2D eigenvalue weighted by Crippen LogP contribution is -2.17. The maximum atomic E-state index is 11.2. The van der Waals surface area contributed by atoms with Crippen molar-refractivity contribution in [2.75, 3.05) is 6.54 Å². The Kier molecular flexibility index (Phi) is 3.79. The van der Waals surface area contributed by atoms with E-state index in [4.69, 9.17) is 5.73 Å². The fraction of sp³-hybridized carbons (Fsp3) is 0.500. The van der Waals surface area contributed by atoms with E-state index in [-0.39, 0.29) is 0 Å². The third kappa shape index (κ3) is 2.67. The van der Waals surface area contributed by atoms with Crippen LogP contribution in [0.3, 0.4) is 0 Å². The Bertz CT molecular complexity index is 415. The zero-order valence-electron chi connectivity index (χ0n) is 9.98. The molecule has 92 valence electrons. The Morgan fingerprint density at radius 3 is 2.65 bits per heavy atom. The molecule has 3 heteroatoms. The molecule has 3 nitrogen and oxygen atoms in total. The predicted octanol–water partition coefficient (Wildman–Crippen LogP) is 2.08. The largest absolute Gasteiger partial charge is 0.481 e. The summed E-state index contributed by atoms with van der Waals surface area (Å²) in [7, 11) is 0. The number of rotatable bonds is 4. The van der Waals surface area contributed by atoms with Crippen molar-refractivity contribution in [3.8, 4) is 0 Å². The van der Waals surface area contributed by atoms with Crippen LogP contribution < -0.4 is 5.73 Å². The minimum absolute atomic E-state index is 0.411. The predicted molar refractivity (Wildman–Crippen MR) is 67.1 cm³/mol. The van der Waals surface area contributed by atoms with Gasteiger partial charge in [-0.25, -0.2) is 0 Å². The van der Waals surface area contributed by atoms with Gasteiger partial charge in [-0.15, -0.1) is 0 Å². The van der Waals surface area contributed by atoms with Crippen LogP contribution in [0.1, 0.15) is 41.9 Å². The van der Waals surface area contributed by atoms with Crippen molar-refractivity contribution in [2.24, 2.45) is 5.73 Å². The van der Waals surface area contributed by atoms with Gasteiger partial charge in [0.05, 0.1) is 5.92 Å². The summed E-state index contributed by atoms with van der Waals surface area (Å²) >= 11 is 0. The van der Waals surface area contributed by atoms with Gasteiger partial charge in [0.2, 0.25) is 0 Å². The summed E-state index contributed by atoms with van der Waals surface area (Å²) in [5.41, 5.74) is 9.10. The molecule has 0 spiro atoms. The molecule has 1 aromatic rings. The van der Waals surface area contributed by atoms with Crippen LogP contribution in [-0.2, 0) is 17.6 Å². The number of aryl methyl sites for hydroxylation is 2. The highest BCUT2D eigenvalue weighted by Crippen LogP contribution is 2.27. The number of carboxylic acids is 1. The van der Waals surface area contributed by atoms with E-state index in [1.165, 1.54) is 24.0 Å². The molecule has 1 aliphatic carbocycles. The molecule has 0 saturated carbocycles. The monoisotopic (exact) mass is 233 g/mol. The smallest absolute Gasteiger partial charge is 0.311 e. The second-order valence-corrected chi connectivity index (χ2v) is 4.70. The van der Waals surface area contributed by atoms with Gasteiger partial charge < -0.3 is 10.8 Å². The van der Waals surface area contributed by atoms with E-state index in [1.54, 1.807) is 0 Å². The molecule has 0 saturated heterocycles. The molecule has 3 N–H and O–H groups in total. The molecule has 0 heterocycles. The van der Waals surface area contributed by atoms with Crippen molar-refractivity contribution in [1.82, 2.24) is 0 Å². The van der Waals surface area contributed by atoms with Gasteiger partial charge in [0, 0.05) is 0 Å². The topological polar surface area (TPSA) is 63.3 Å². The van der Waals surface area contributed by atoms with Crippen molar-refractivity contribution < 1.29 is 9.90 Å². The van der Waals surface area contributed by atoms with Crippen LogP contribution in [0.5, 0.6) is 0 Å². The van der Waals surface area contributed by atoms with Gasteiger partial charge in [0.1, 0.15) is 0 Å². The number of aliphatic carboxylic acids is 1. The second kappa shape index (κ2) is 5.32. The number of benzene rings is 1. The first-order valence-electron chi connectivity index (χ1n) is 6.27. The lowest BCUT2D eigenvalue weighted by atomic mass is 9.86. The zero-order valence-corrected chi connectivity index (χ0v) is 9.98. The van der Waals surface area contributed by atoms with Crippen LogP contribution in [0.15, 0.2) is 18.2 Å². The number of carbonyl (C=O) groups is 1. The molecule has 0 fully saturated rings. The van der Waals surface area contributed by atoms with Gasteiger partial charge in [0.25, 0.3) is 0 Å². The van der Waals surface area contributed by atoms with E-state index in [1.807, 2.05) is 6.07 Å². The van der Waals surface area contributed by atoms with Crippen LogP contribution in [0.25, 0.3) is 0 Å². The quantitative estimate of drug-likeness (QED) is 0.837. The third-order valence-corrected chi connectivity index (χ3v) is 3.53. The maximum absolute atomic E-state index is 11.2. The first kappa shape index (κ1) is 12.1. The van der Waals surface area contributed by atoms with Gasteiger partial charge in [-0.3, -0.25) is 4.79 Å². The van der Waals surface area contributed by atoms with Gasteiger partial charge in [0.15, 0.2) is 0 Å². The van der Waals surface area contributed by atoms with Gasteiger partial charge in [-0.2, -0.15) is 0 Å². The summed E-state index contributed by atoms with van der Waals surface area (Å²) in [6, 6.07) is 6.12. The Balaban J connectivity index is 2.28. The number of carboxylic acid groups (broad SMARTS) is 1. The van der Waals surface area contributed by atoms with E-state index in [9.17, 15) is 9.90 Å². The highest BCUT2D eigenvalue weighted by atomic mass is 16.4. The highest BCUT2D eigenvalue weighted by molar-refractivity contribution is 5.76. The molecular formula is C14H19NO2. The SMILES string of the molecule is NCCC(C(=O)O)c1ccc2c(c1)CCCC2. The Morgan fingerprint density at radius 2 is 2.00 bits per heavy atom. The average molecular weight is 233 g/mol. The van der Waals surface area contributed by atoms with Crippen LogP contribution in [0, 0.1) is 0 Å². The van der Waals surface area contributed by atoms with Crippen LogP contribution >= 0.6 is 0 Å². The number of nitrogens with two attached hydrogens (primary N) is 1. The summed E-state index contributed by atoms with van der Waals surface area (Å²) in [5.74, 6) is -1.22. The Hall–Kier alpha value is -1.35. The van der Waals surface area contributed by atoms with Crippen molar-refractivity contribution in [3.05, 3.63) is 34.9 Å². The molecule has 1 atom stereocenters. The summed E-state index contributed by atoms with van der Waals surface area (Å²) in [5, 5.41) is 9.21. The van der Waals surface area contributed by atoms with Crippen LogP contribution in [0.2, 0.25) is 0 Å². The fourth-order valence-corrected chi connectivity index (χ4v) is 2.57. The van der Waals surface area contributed by atoms with E-state index < -0.39 is 11.9 Å². The van der Waals surface area contributed by atoms with Crippen LogP contribution in [-0.4, -0.2) is 17.6 Å². The lowest BCUT2D eigenvalue weighted by molar-refractivity contribution is -0.138. The van der Waals surface area contributed by atoms with E-state index >= 15 is 0 Å². The van der Waals surface area contributed by atoms with E-state index in [2.05, 4.69) is 12.1 Å². The molecule has 17 heavy (non-hydrogen) atoms. The molecule has 1 aliphatic rings. The minimum Gasteiger partial charge on any atom is -0.481 e. The van der Waals surface area contributed by atoms with Crippen molar-refractivity contribution in [1.29, 1.82) is 0 Å². The molecule has 0 amide bonds. The third-order valence-electron chi connectivity index (χ3n) is 3.53. The molecular weight excluding hydrogens is 214 g/mol. The van der Waals surface area contributed by atoms with Gasteiger partial charge >= 0.3 is 5.97 Å². The molecule has 1 unspecified atom stereocenters. The molecule has 0 radical (unpaired) electrons. The second-order valence-electron chi connectivity index (χ2n) is 4.70. The maximum Gasteiger partial charge on any atom is 0.311 e. The normalized spacial score (nSPS) is 16.3. The highest BCUT2D eigenvalue weighted by Gasteiger charge is 2.20. The first-order valence-corrected chi connectivity index (χ1v) is 6.27. The molecule has 1 aromatic carbocycles.